The molecule has 0 aromatic heterocycles. The highest BCUT2D eigenvalue weighted by molar-refractivity contribution is 6.30. The molecule has 0 fully saturated rings. The standard InChI is InChI=1S/C23H26ClN3O2/c1-27(22(28)18-7-9-19(24)10-8-18)21-13-11-20(12-14-21)26-23(29)25-16-15-17-5-3-2-4-6-17/h5,7-14H,2-4,6,15-16H2,1H3,(H2,25,26,29). The summed E-state index contributed by atoms with van der Waals surface area (Å²) in [5.74, 6) is -0.128. The minimum absolute atomic E-state index is 0.128. The number of hydrogen-bond acceptors (Lipinski definition) is 2. The highest BCUT2D eigenvalue weighted by Crippen LogP contribution is 2.21. The van der Waals surface area contributed by atoms with Crippen LogP contribution in [0.3, 0.4) is 0 Å². The average molecular weight is 412 g/mol. The fourth-order valence-electron chi connectivity index (χ4n) is 3.32. The molecule has 1 aliphatic carbocycles. The number of benzene rings is 2. The summed E-state index contributed by atoms with van der Waals surface area (Å²) in [5.41, 5.74) is 3.41. The molecule has 0 unspecified atom stereocenters. The maximum absolute atomic E-state index is 12.6. The Morgan fingerprint density at radius 2 is 1.76 bits per heavy atom. The van der Waals surface area contributed by atoms with Crippen molar-refractivity contribution in [2.75, 3.05) is 23.8 Å². The third-order valence-electron chi connectivity index (χ3n) is 5.02. The second-order valence-electron chi connectivity index (χ2n) is 7.16. The lowest BCUT2D eigenvalue weighted by molar-refractivity contribution is 0.0993. The molecule has 2 N–H and O–H groups in total. The molecule has 0 aliphatic heterocycles. The van der Waals surface area contributed by atoms with Crippen molar-refractivity contribution in [2.24, 2.45) is 0 Å². The molecule has 2 aromatic rings. The Hall–Kier alpha value is -2.79. The predicted octanol–water partition coefficient (Wildman–Crippen LogP) is 5.63. The highest BCUT2D eigenvalue weighted by atomic mass is 35.5. The molecule has 0 atom stereocenters. The van der Waals surface area contributed by atoms with Crippen molar-refractivity contribution in [3.8, 4) is 0 Å². The van der Waals surface area contributed by atoms with Crippen LogP contribution >= 0.6 is 11.6 Å². The van der Waals surface area contributed by atoms with Crippen molar-refractivity contribution in [3.63, 3.8) is 0 Å². The fraction of sp³-hybridized carbons (Fsp3) is 0.304. The van der Waals surface area contributed by atoms with Crippen molar-refractivity contribution in [3.05, 3.63) is 70.8 Å². The van der Waals surface area contributed by atoms with E-state index in [1.165, 1.54) is 18.4 Å². The summed E-state index contributed by atoms with van der Waals surface area (Å²) in [6.07, 6.45) is 8.02. The zero-order valence-electron chi connectivity index (χ0n) is 16.6. The van der Waals surface area contributed by atoms with Gasteiger partial charge in [-0.05, 0) is 80.6 Å². The van der Waals surface area contributed by atoms with Crippen molar-refractivity contribution >= 4 is 34.9 Å². The van der Waals surface area contributed by atoms with Gasteiger partial charge in [0.2, 0.25) is 0 Å². The smallest absolute Gasteiger partial charge is 0.319 e. The van der Waals surface area contributed by atoms with Gasteiger partial charge in [0, 0.05) is 35.6 Å². The molecule has 3 amide bonds. The van der Waals surface area contributed by atoms with Gasteiger partial charge in [-0.1, -0.05) is 23.3 Å². The van der Waals surface area contributed by atoms with Crippen LogP contribution in [0.1, 0.15) is 42.5 Å². The van der Waals surface area contributed by atoms with Crippen LogP contribution < -0.4 is 15.5 Å². The summed E-state index contributed by atoms with van der Waals surface area (Å²) in [5, 5.41) is 6.31. The topological polar surface area (TPSA) is 61.4 Å². The van der Waals surface area contributed by atoms with Crippen LogP contribution in [0.5, 0.6) is 0 Å². The molecule has 152 valence electrons. The van der Waals surface area contributed by atoms with Crippen molar-refractivity contribution in [1.82, 2.24) is 5.32 Å². The molecule has 2 aromatic carbocycles. The van der Waals surface area contributed by atoms with Gasteiger partial charge in [-0.15, -0.1) is 0 Å². The molecular formula is C23H26ClN3O2. The summed E-state index contributed by atoms with van der Waals surface area (Å²) >= 11 is 5.88. The monoisotopic (exact) mass is 411 g/mol. The van der Waals surface area contributed by atoms with Crippen LogP contribution in [-0.4, -0.2) is 25.5 Å². The molecule has 0 heterocycles. The molecule has 29 heavy (non-hydrogen) atoms. The van der Waals surface area contributed by atoms with Crippen molar-refractivity contribution in [1.29, 1.82) is 0 Å². The summed E-state index contributed by atoms with van der Waals surface area (Å²) in [4.78, 5) is 26.2. The number of urea groups is 1. The van der Waals surface area contributed by atoms with E-state index in [1.807, 2.05) is 0 Å². The first kappa shape index (κ1) is 20.9. The van der Waals surface area contributed by atoms with Crippen LogP contribution in [0.4, 0.5) is 16.2 Å². The molecule has 0 saturated carbocycles. The number of rotatable bonds is 6. The van der Waals surface area contributed by atoms with E-state index >= 15 is 0 Å². The van der Waals surface area contributed by atoms with Crippen LogP contribution in [0.15, 0.2) is 60.2 Å². The summed E-state index contributed by atoms with van der Waals surface area (Å²) in [7, 11) is 1.71. The molecule has 5 nitrogen and oxygen atoms in total. The van der Waals surface area contributed by atoms with Crippen LogP contribution in [0.25, 0.3) is 0 Å². The van der Waals surface area contributed by atoms with Gasteiger partial charge in [0.25, 0.3) is 5.91 Å². The van der Waals surface area contributed by atoms with E-state index in [0.717, 1.165) is 24.9 Å². The van der Waals surface area contributed by atoms with E-state index in [9.17, 15) is 9.59 Å². The third kappa shape index (κ3) is 6.09. The van der Waals surface area contributed by atoms with E-state index in [4.69, 9.17) is 11.6 Å². The van der Waals surface area contributed by atoms with Gasteiger partial charge in [-0.2, -0.15) is 0 Å². The van der Waals surface area contributed by atoms with Crippen LogP contribution in [-0.2, 0) is 0 Å². The lowest BCUT2D eigenvalue weighted by Gasteiger charge is -2.18. The number of amides is 3. The fourth-order valence-corrected chi connectivity index (χ4v) is 3.44. The van der Waals surface area contributed by atoms with Gasteiger partial charge in [0.15, 0.2) is 0 Å². The van der Waals surface area contributed by atoms with Gasteiger partial charge in [-0.25, -0.2) is 4.79 Å². The second-order valence-corrected chi connectivity index (χ2v) is 7.59. The zero-order valence-corrected chi connectivity index (χ0v) is 17.3. The Morgan fingerprint density at radius 1 is 1.03 bits per heavy atom. The van der Waals surface area contributed by atoms with E-state index in [0.29, 0.717) is 22.8 Å². The molecule has 1 aliphatic rings. The largest absolute Gasteiger partial charge is 0.338 e. The third-order valence-corrected chi connectivity index (χ3v) is 5.28. The first-order valence-corrected chi connectivity index (χ1v) is 10.3. The molecule has 0 saturated heterocycles. The minimum Gasteiger partial charge on any atom is -0.338 e. The average Bonchev–Trinajstić information content (AvgIpc) is 2.74. The molecule has 3 rings (SSSR count). The number of anilines is 2. The molecule has 6 heteroatoms. The van der Waals surface area contributed by atoms with Gasteiger partial charge in [0.05, 0.1) is 0 Å². The number of carbonyl (C=O) groups is 2. The Bertz CT molecular complexity index is 876. The first-order valence-electron chi connectivity index (χ1n) is 9.89. The zero-order chi connectivity index (χ0) is 20.6. The number of hydrogen-bond donors (Lipinski definition) is 2. The molecule has 0 bridgehead atoms. The Labute approximate surface area is 176 Å². The number of nitrogens with zero attached hydrogens (tertiary/aromatic N) is 1. The summed E-state index contributed by atoms with van der Waals surface area (Å²) in [6.45, 7) is 0.633. The van der Waals surface area contributed by atoms with Crippen molar-refractivity contribution < 1.29 is 9.59 Å². The number of allylic oxidation sites excluding steroid dienone is 1. The van der Waals surface area contributed by atoms with E-state index in [1.54, 1.807) is 60.5 Å². The van der Waals surface area contributed by atoms with Gasteiger partial charge in [-0.3, -0.25) is 4.79 Å². The summed E-state index contributed by atoms with van der Waals surface area (Å²) in [6, 6.07) is 13.7. The van der Waals surface area contributed by atoms with Gasteiger partial charge < -0.3 is 15.5 Å². The Kier molecular flexibility index (Phi) is 7.30. The Balaban J connectivity index is 1.49. The lowest BCUT2D eigenvalue weighted by Crippen LogP contribution is -2.30. The predicted molar refractivity (Wildman–Crippen MR) is 119 cm³/mol. The number of carbonyl (C=O) groups excluding carboxylic acids is 2. The second kappa shape index (κ2) is 10.1. The Morgan fingerprint density at radius 3 is 2.41 bits per heavy atom. The summed E-state index contributed by atoms with van der Waals surface area (Å²) < 4.78 is 0. The molecule has 0 radical (unpaired) electrons. The van der Waals surface area contributed by atoms with E-state index in [-0.39, 0.29) is 11.9 Å². The van der Waals surface area contributed by atoms with E-state index < -0.39 is 0 Å². The number of halogens is 1. The maximum Gasteiger partial charge on any atom is 0.319 e. The lowest BCUT2D eigenvalue weighted by atomic mass is 9.97. The SMILES string of the molecule is CN(C(=O)c1ccc(Cl)cc1)c1ccc(NC(=O)NCCC2=CCCCC2)cc1. The van der Waals surface area contributed by atoms with Crippen molar-refractivity contribution in [2.45, 2.75) is 32.1 Å². The van der Waals surface area contributed by atoms with E-state index in [2.05, 4.69) is 16.7 Å². The van der Waals surface area contributed by atoms with Crippen LogP contribution in [0, 0.1) is 0 Å². The maximum atomic E-state index is 12.6. The molecular weight excluding hydrogens is 386 g/mol. The van der Waals surface area contributed by atoms with Gasteiger partial charge >= 0.3 is 6.03 Å². The highest BCUT2D eigenvalue weighted by Gasteiger charge is 2.13. The molecule has 0 spiro atoms. The normalized spacial score (nSPS) is 13.4. The van der Waals surface area contributed by atoms with Gasteiger partial charge in [0.1, 0.15) is 0 Å². The quantitative estimate of drug-likeness (QED) is 0.605. The minimum atomic E-state index is -0.222. The number of nitrogens with one attached hydrogen (secondary N) is 2. The first-order chi connectivity index (χ1) is 14.0. The van der Waals surface area contributed by atoms with Crippen LogP contribution in [0.2, 0.25) is 5.02 Å².